The third-order valence-corrected chi connectivity index (χ3v) is 3.43. The van der Waals surface area contributed by atoms with Crippen molar-refractivity contribution in [1.82, 2.24) is 10.1 Å². The van der Waals surface area contributed by atoms with E-state index in [1.807, 2.05) is 6.92 Å². The van der Waals surface area contributed by atoms with Crippen LogP contribution < -0.4 is 0 Å². The van der Waals surface area contributed by atoms with E-state index in [0.717, 1.165) is 12.8 Å². The maximum Gasteiger partial charge on any atom is 0.256 e. The Morgan fingerprint density at radius 2 is 2.21 bits per heavy atom. The quantitative estimate of drug-likeness (QED) is 0.841. The molecule has 2 atom stereocenters. The lowest BCUT2D eigenvalue weighted by Gasteiger charge is -2.04. The maximum atomic E-state index is 13.9. The molecule has 1 aromatic carbocycles. The van der Waals surface area contributed by atoms with E-state index in [0.29, 0.717) is 5.89 Å². The minimum Gasteiger partial charge on any atom is -0.365 e. The van der Waals surface area contributed by atoms with Gasteiger partial charge in [0.2, 0.25) is 5.82 Å². The van der Waals surface area contributed by atoms with Crippen LogP contribution in [0.25, 0.3) is 11.4 Å². The number of rotatable bonds is 2. The molecule has 0 aliphatic carbocycles. The molecule has 0 bridgehead atoms. The van der Waals surface area contributed by atoms with Gasteiger partial charge in [-0.1, -0.05) is 22.8 Å². The first-order chi connectivity index (χ1) is 9.15. The van der Waals surface area contributed by atoms with Gasteiger partial charge < -0.3 is 9.26 Å². The SMILES string of the molecule is C[C@H]1CC[C@@H](c2nc(-c3cccc(Cl)c3F)no2)O1. The Hall–Kier alpha value is -1.46. The number of hydrogen-bond donors (Lipinski definition) is 0. The van der Waals surface area contributed by atoms with Gasteiger partial charge in [0.15, 0.2) is 5.82 Å². The largest absolute Gasteiger partial charge is 0.365 e. The van der Waals surface area contributed by atoms with Crippen molar-refractivity contribution in [1.29, 1.82) is 0 Å². The van der Waals surface area contributed by atoms with Crippen LogP contribution >= 0.6 is 11.6 Å². The van der Waals surface area contributed by atoms with E-state index in [1.165, 1.54) is 6.07 Å². The van der Waals surface area contributed by atoms with Crippen LogP contribution in [0.3, 0.4) is 0 Å². The number of nitrogens with zero attached hydrogens (tertiary/aromatic N) is 2. The lowest BCUT2D eigenvalue weighted by molar-refractivity contribution is 0.0355. The zero-order valence-electron chi connectivity index (χ0n) is 10.3. The smallest absolute Gasteiger partial charge is 0.256 e. The van der Waals surface area contributed by atoms with Crippen LogP contribution in [-0.4, -0.2) is 16.2 Å². The second kappa shape index (κ2) is 4.90. The molecule has 1 fully saturated rings. The number of ether oxygens (including phenoxy) is 1. The fourth-order valence-corrected chi connectivity index (χ4v) is 2.31. The highest BCUT2D eigenvalue weighted by Gasteiger charge is 2.28. The highest BCUT2D eigenvalue weighted by molar-refractivity contribution is 6.31. The molecule has 1 saturated heterocycles. The average molecular weight is 283 g/mol. The first kappa shape index (κ1) is 12.6. The van der Waals surface area contributed by atoms with Crippen LogP contribution in [0.4, 0.5) is 4.39 Å². The van der Waals surface area contributed by atoms with Crippen LogP contribution in [0, 0.1) is 5.82 Å². The third-order valence-electron chi connectivity index (χ3n) is 3.14. The fourth-order valence-electron chi connectivity index (χ4n) is 2.14. The Labute approximate surface area is 114 Å². The van der Waals surface area contributed by atoms with Crippen molar-refractivity contribution in [3.63, 3.8) is 0 Å². The van der Waals surface area contributed by atoms with Crippen molar-refractivity contribution in [2.24, 2.45) is 0 Å². The summed E-state index contributed by atoms with van der Waals surface area (Å²) in [7, 11) is 0. The van der Waals surface area contributed by atoms with Gasteiger partial charge >= 0.3 is 0 Å². The van der Waals surface area contributed by atoms with Crippen molar-refractivity contribution in [3.05, 3.63) is 34.9 Å². The molecule has 3 rings (SSSR count). The lowest BCUT2D eigenvalue weighted by atomic mass is 10.2. The molecule has 1 aliphatic heterocycles. The van der Waals surface area contributed by atoms with Crippen LogP contribution in [0.1, 0.15) is 31.8 Å². The minimum absolute atomic E-state index is 0.0367. The highest BCUT2D eigenvalue weighted by Crippen LogP contribution is 2.33. The maximum absolute atomic E-state index is 13.9. The Balaban J connectivity index is 1.91. The first-order valence-electron chi connectivity index (χ1n) is 6.08. The second-order valence-corrected chi connectivity index (χ2v) is 4.98. The van der Waals surface area contributed by atoms with Crippen molar-refractivity contribution >= 4 is 11.6 Å². The lowest BCUT2D eigenvalue weighted by Crippen LogP contribution is -2.01. The average Bonchev–Trinajstić information content (AvgIpc) is 3.01. The van der Waals surface area contributed by atoms with E-state index in [4.69, 9.17) is 20.9 Å². The number of benzene rings is 1. The number of aromatic nitrogens is 2. The van der Waals surface area contributed by atoms with E-state index in [-0.39, 0.29) is 28.6 Å². The fraction of sp³-hybridized carbons (Fsp3) is 0.385. The van der Waals surface area contributed by atoms with Gasteiger partial charge in [-0.05, 0) is 31.9 Å². The Kier molecular flexibility index (Phi) is 3.24. The molecule has 0 unspecified atom stereocenters. The molecule has 1 aliphatic rings. The summed E-state index contributed by atoms with van der Waals surface area (Å²) in [6.07, 6.45) is 1.77. The molecular formula is C13H12ClFN2O2. The summed E-state index contributed by atoms with van der Waals surface area (Å²) < 4.78 is 24.6. The van der Waals surface area contributed by atoms with Crippen LogP contribution in [0.5, 0.6) is 0 Å². The van der Waals surface area contributed by atoms with Gasteiger partial charge in [0.05, 0.1) is 16.7 Å². The van der Waals surface area contributed by atoms with Crippen LogP contribution in [-0.2, 0) is 4.74 Å². The molecule has 19 heavy (non-hydrogen) atoms. The summed E-state index contributed by atoms with van der Waals surface area (Å²) in [4.78, 5) is 4.20. The van der Waals surface area contributed by atoms with E-state index >= 15 is 0 Å². The number of halogens is 2. The third kappa shape index (κ3) is 2.35. The normalized spacial score (nSPS) is 22.9. The molecule has 2 aromatic rings. The molecule has 0 radical (unpaired) electrons. The molecule has 0 saturated carbocycles. The Morgan fingerprint density at radius 1 is 1.37 bits per heavy atom. The Bertz CT molecular complexity index is 602. The van der Waals surface area contributed by atoms with E-state index in [1.54, 1.807) is 12.1 Å². The number of hydrogen-bond acceptors (Lipinski definition) is 4. The molecule has 0 amide bonds. The van der Waals surface area contributed by atoms with Crippen molar-refractivity contribution in [3.8, 4) is 11.4 Å². The predicted octanol–water partition coefficient (Wildman–Crippen LogP) is 3.77. The van der Waals surface area contributed by atoms with Gasteiger partial charge in [-0.25, -0.2) is 4.39 Å². The van der Waals surface area contributed by atoms with Gasteiger partial charge in [0.25, 0.3) is 5.89 Å². The molecule has 1 aromatic heterocycles. The molecule has 2 heterocycles. The van der Waals surface area contributed by atoms with Gasteiger partial charge in [0.1, 0.15) is 6.10 Å². The monoisotopic (exact) mass is 282 g/mol. The Morgan fingerprint density at radius 3 is 2.95 bits per heavy atom. The van der Waals surface area contributed by atoms with Crippen molar-refractivity contribution in [2.45, 2.75) is 32.0 Å². The standard InChI is InChI=1S/C13H12ClFN2O2/c1-7-5-6-10(18-7)13-16-12(17-19-13)8-3-2-4-9(14)11(8)15/h2-4,7,10H,5-6H2,1H3/t7-,10-/m0/s1. The summed E-state index contributed by atoms with van der Waals surface area (Å²) in [5, 5.41) is 3.83. The molecule has 4 nitrogen and oxygen atoms in total. The molecule has 0 N–H and O–H groups in total. The second-order valence-electron chi connectivity index (χ2n) is 4.57. The minimum atomic E-state index is -0.544. The summed E-state index contributed by atoms with van der Waals surface area (Å²) in [5.41, 5.74) is 0.230. The molecular weight excluding hydrogens is 271 g/mol. The van der Waals surface area contributed by atoms with Gasteiger partial charge in [-0.15, -0.1) is 0 Å². The first-order valence-corrected chi connectivity index (χ1v) is 6.46. The van der Waals surface area contributed by atoms with Crippen LogP contribution in [0.2, 0.25) is 5.02 Å². The van der Waals surface area contributed by atoms with Crippen molar-refractivity contribution in [2.75, 3.05) is 0 Å². The molecule has 100 valence electrons. The summed E-state index contributed by atoms with van der Waals surface area (Å²) in [6, 6.07) is 4.68. The van der Waals surface area contributed by atoms with Crippen molar-refractivity contribution < 1.29 is 13.7 Å². The van der Waals surface area contributed by atoms with Gasteiger partial charge in [0, 0.05) is 0 Å². The summed E-state index contributed by atoms with van der Waals surface area (Å²) >= 11 is 5.73. The van der Waals surface area contributed by atoms with E-state index in [9.17, 15) is 4.39 Å². The highest BCUT2D eigenvalue weighted by atomic mass is 35.5. The van der Waals surface area contributed by atoms with E-state index < -0.39 is 5.82 Å². The molecule has 6 heteroatoms. The van der Waals surface area contributed by atoms with Gasteiger partial charge in [-0.3, -0.25) is 0 Å². The summed E-state index contributed by atoms with van der Waals surface area (Å²) in [6.45, 7) is 1.99. The molecule has 0 spiro atoms. The summed E-state index contributed by atoms with van der Waals surface area (Å²) in [5.74, 6) is 0.0362. The van der Waals surface area contributed by atoms with E-state index in [2.05, 4.69) is 10.1 Å². The van der Waals surface area contributed by atoms with Gasteiger partial charge in [-0.2, -0.15) is 4.98 Å². The predicted molar refractivity (Wildman–Crippen MR) is 67.2 cm³/mol. The zero-order valence-corrected chi connectivity index (χ0v) is 11.0. The van der Waals surface area contributed by atoms with Crippen LogP contribution in [0.15, 0.2) is 22.7 Å². The topological polar surface area (TPSA) is 48.2 Å². The zero-order chi connectivity index (χ0) is 13.4.